The van der Waals surface area contributed by atoms with Crippen LogP contribution in [0.25, 0.3) is 0 Å². The molecule has 1 saturated heterocycles. The highest BCUT2D eigenvalue weighted by Crippen LogP contribution is 2.25. The van der Waals surface area contributed by atoms with Crippen molar-refractivity contribution in [1.29, 1.82) is 0 Å². The molecule has 0 spiro atoms. The molecule has 1 aliphatic heterocycles. The highest BCUT2D eigenvalue weighted by molar-refractivity contribution is 6.30. The van der Waals surface area contributed by atoms with Crippen LogP contribution >= 0.6 is 11.6 Å². The Morgan fingerprint density at radius 1 is 1.53 bits per heavy atom. The molecule has 0 aromatic heterocycles. The lowest BCUT2D eigenvalue weighted by Crippen LogP contribution is -2.22. The van der Waals surface area contributed by atoms with E-state index in [0.717, 1.165) is 12.2 Å². The second-order valence-electron chi connectivity index (χ2n) is 3.75. The molecule has 15 heavy (non-hydrogen) atoms. The Morgan fingerprint density at radius 3 is 2.93 bits per heavy atom. The third kappa shape index (κ3) is 2.23. The number of hydrogen-bond acceptors (Lipinski definition) is 2. The minimum Gasteiger partial charge on any atom is -0.481 e. The maximum absolute atomic E-state index is 10.8. The molecular weight excluding hydrogens is 214 g/mol. The molecule has 4 heteroatoms. The highest BCUT2D eigenvalue weighted by atomic mass is 35.5. The van der Waals surface area contributed by atoms with Crippen molar-refractivity contribution in [3.63, 3.8) is 0 Å². The average molecular weight is 226 g/mol. The molecule has 0 amide bonds. The van der Waals surface area contributed by atoms with E-state index in [-0.39, 0.29) is 5.92 Å². The second-order valence-corrected chi connectivity index (χ2v) is 4.19. The van der Waals surface area contributed by atoms with Crippen LogP contribution < -0.4 is 4.90 Å². The SMILES string of the molecule is O=C(O)[C@H]1CCN(c2cccc(Cl)c2)C1. The van der Waals surface area contributed by atoms with Gasteiger partial charge in [0.2, 0.25) is 0 Å². The van der Waals surface area contributed by atoms with E-state index in [9.17, 15) is 4.79 Å². The first-order valence-electron chi connectivity index (χ1n) is 4.90. The van der Waals surface area contributed by atoms with E-state index in [1.54, 1.807) is 0 Å². The Bertz CT molecular complexity index is 381. The van der Waals surface area contributed by atoms with Gasteiger partial charge < -0.3 is 10.0 Å². The standard InChI is InChI=1S/C11H12ClNO2/c12-9-2-1-3-10(6-9)13-5-4-8(7-13)11(14)15/h1-3,6,8H,4-5,7H2,(H,14,15)/t8-/m0/s1. The highest BCUT2D eigenvalue weighted by Gasteiger charge is 2.27. The van der Waals surface area contributed by atoms with Gasteiger partial charge in [-0.15, -0.1) is 0 Å². The first-order chi connectivity index (χ1) is 7.16. The zero-order valence-electron chi connectivity index (χ0n) is 8.19. The summed E-state index contributed by atoms with van der Waals surface area (Å²) in [4.78, 5) is 12.9. The number of hydrogen-bond donors (Lipinski definition) is 1. The number of carboxylic acids is 1. The summed E-state index contributed by atoms with van der Waals surface area (Å²) < 4.78 is 0. The lowest BCUT2D eigenvalue weighted by atomic mass is 10.1. The van der Waals surface area contributed by atoms with E-state index in [0.29, 0.717) is 18.0 Å². The fourth-order valence-corrected chi connectivity index (χ4v) is 2.05. The van der Waals surface area contributed by atoms with Crippen molar-refractivity contribution in [3.05, 3.63) is 29.3 Å². The third-order valence-electron chi connectivity index (χ3n) is 2.71. The van der Waals surface area contributed by atoms with Crippen LogP contribution in [0, 0.1) is 5.92 Å². The number of carbonyl (C=O) groups is 1. The summed E-state index contributed by atoms with van der Waals surface area (Å²) in [5.41, 5.74) is 1.01. The summed E-state index contributed by atoms with van der Waals surface area (Å²) in [5, 5.41) is 9.57. The molecule has 1 aromatic rings. The van der Waals surface area contributed by atoms with Gasteiger partial charge in [-0.3, -0.25) is 4.79 Å². The molecule has 0 bridgehead atoms. The maximum atomic E-state index is 10.8. The molecule has 1 heterocycles. The molecule has 80 valence electrons. The quantitative estimate of drug-likeness (QED) is 0.839. The minimum atomic E-state index is -0.709. The molecule has 3 nitrogen and oxygen atoms in total. The van der Waals surface area contributed by atoms with Crippen LogP contribution in [0.15, 0.2) is 24.3 Å². The van der Waals surface area contributed by atoms with E-state index in [1.165, 1.54) is 0 Å². The monoisotopic (exact) mass is 225 g/mol. The zero-order chi connectivity index (χ0) is 10.8. The van der Waals surface area contributed by atoms with Crippen LogP contribution in [0.3, 0.4) is 0 Å². The second kappa shape index (κ2) is 4.11. The number of benzene rings is 1. The van der Waals surface area contributed by atoms with Gasteiger partial charge in [0.25, 0.3) is 0 Å². The van der Waals surface area contributed by atoms with Crippen LogP contribution in [0.2, 0.25) is 5.02 Å². The van der Waals surface area contributed by atoms with Gasteiger partial charge in [-0.2, -0.15) is 0 Å². The fourth-order valence-electron chi connectivity index (χ4n) is 1.87. The number of halogens is 1. The molecule has 2 rings (SSSR count). The van der Waals surface area contributed by atoms with Crippen molar-refractivity contribution in [2.75, 3.05) is 18.0 Å². The lowest BCUT2D eigenvalue weighted by Gasteiger charge is -2.17. The van der Waals surface area contributed by atoms with Crippen LogP contribution in [-0.2, 0) is 4.79 Å². The van der Waals surface area contributed by atoms with Crippen LogP contribution in [-0.4, -0.2) is 24.2 Å². The van der Waals surface area contributed by atoms with E-state index in [4.69, 9.17) is 16.7 Å². The van der Waals surface area contributed by atoms with Gasteiger partial charge in [0.1, 0.15) is 0 Å². The largest absolute Gasteiger partial charge is 0.481 e. The first-order valence-corrected chi connectivity index (χ1v) is 5.28. The summed E-state index contributed by atoms with van der Waals surface area (Å²) in [7, 11) is 0. The van der Waals surface area contributed by atoms with E-state index in [1.807, 2.05) is 24.3 Å². The molecule has 1 aliphatic rings. The Hall–Kier alpha value is -1.22. The lowest BCUT2D eigenvalue weighted by molar-refractivity contribution is -0.140. The zero-order valence-corrected chi connectivity index (χ0v) is 8.94. The van der Waals surface area contributed by atoms with Gasteiger partial charge in [-0.05, 0) is 24.6 Å². The Kier molecular flexibility index (Phi) is 2.82. The Morgan fingerprint density at radius 2 is 2.33 bits per heavy atom. The number of anilines is 1. The van der Waals surface area contributed by atoms with Crippen molar-refractivity contribution in [2.24, 2.45) is 5.92 Å². The summed E-state index contributed by atoms with van der Waals surface area (Å²) >= 11 is 5.88. The average Bonchev–Trinajstić information content (AvgIpc) is 2.66. The van der Waals surface area contributed by atoms with E-state index in [2.05, 4.69) is 4.90 Å². The van der Waals surface area contributed by atoms with Crippen LogP contribution in [0.4, 0.5) is 5.69 Å². The molecule has 1 fully saturated rings. The molecule has 0 unspecified atom stereocenters. The number of aliphatic carboxylic acids is 1. The Labute approximate surface area is 93.3 Å². The van der Waals surface area contributed by atoms with Crippen molar-refractivity contribution < 1.29 is 9.90 Å². The summed E-state index contributed by atoms with van der Waals surface area (Å²) in [6.07, 6.45) is 0.710. The number of nitrogens with zero attached hydrogens (tertiary/aromatic N) is 1. The van der Waals surface area contributed by atoms with E-state index < -0.39 is 5.97 Å². The molecule has 0 aliphatic carbocycles. The molecule has 0 saturated carbocycles. The number of rotatable bonds is 2. The van der Waals surface area contributed by atoms with Crippen LogP contribution in [0.5, 0.6) is 0 Å². The predicted octanol–water partition coefficient (Wildman–Crippen LogP) is 2.25. The normalized spacial score (nSPS) is 20.6. The Balaban J connectivity index is 2.11. The molecule has 1 atom stereocenters. The molecule has 1 N–H and O–H groups in total. The minimum absolute atomic E-state index is 0.246. The smallest absolute Gasteiger partial charge is 0.308 e. The van der Waals surface area contributed by atoms with Gasteiger partial charge in [-0.1, -0.05) is 17.7 Å². The third-order valence-corrected chi connectivity index (χ3v) is 2.95. The van der Waals surface area contributed by atoms with Crippen molar-refractivity contribution >= 4 is 23.3 Å². The van der Waals surface area contributed by atoms with Gasteiger partial charge >= 0.3 is 5.97 Å². The van der Waals surface area contributed by atoms with Crippen molar-refractivity contribution in [3.8, 4) is 0 Å². The van der Waals surface area contributed by atoms with Gasteiger partial charge in [0, 0.05) is 23.8 Å². The summed E-state index contributed by atoms with van der Waals surface area (Å²) in [6, 6.07) is 7.52. The topological polar surface area (TPSA) is 40.5 Å². The molecular formula is C11H12ClNO2. The molecule has 1 aromatic carbocycles. The van der Waals surface area contributed by atoms with Gasteiger partial charge in [-0.25, -0.2) is 0 Å². The number of carboxylic acid groups (broad SMARTS) is 1. The van der Waals surface area contributed by atoms with Gasteiger partial charge in [0.05, 0.1) is 5.92 Å². The van der Waals surface area contributed by atoms with Crippen molar-refractivity contribution in [2.45, 2.75) is 6.42 Å². The van der Waals surface area contributed by atoms with Gasteiger partial charge in [0.15, 0.2) is 0 Å². The first kappa shape index (κ1) is 10.3. The van der Waals surface area contributed by atoms with Crippen molar-refractivity contribution in [1.82, 2.24) is 0 Å². The predicted molar refractivity (Wildman–Crippen MR) is 59.4 cm³/mol. The summed E-state index contributed by atoms with van der Waals surface area (Å²) in [6.45, 7) is 1.37. The molecule has 0 radical (unpaired) electrons. The maximum Gasteiger partial charge on any atom is 0.308 e. The van der Waals surface area contributed by atoms with E-state index >= 15 is 0 Å². The summed E-state index contributed by atoms with van der Waals surface area (Å²) in [5.74, 6) is -0.955. The fraction of sp³-hybridized carbons (Fsp3) is 0.364. The van der Waals surface area contributed by atoms with Crippen LogP contribution in [0.1, 0.15) is 6.42 Å².